The summed E-state index contributed by atoms with van der Waals surface area (Å²) in [5, 5.41) is 12.1. The van der Waals surface area contributed by atoms with Crippen molar-refractivity contribution in [3.8, 4) is 0 Å². The number of aryl methyl sites for hydroxylation is 2. The standard InChI is InChI=1S/C16H25NO2/c1-13(17-8-10-19-11-9-18)15-7-6-14-4-2-3-5-16(14)12-15/h6-7,12-13,17-18H,2-5,8-11H2,1H3. The average molecular weight is 263 g/mol. The van der Waals surface area contributed by atoms with Crippen molar-refractivity contribution in [2.24, 2.45) is 0 Å². The number of fused-ring (bicyclic) bond motifs is 1. The first-order valence-corrected chi connectivity index (χ1v) is 7.35. The Balaban J connectivity index is 1.83. The molecule has 1 unspecified atom stereocenters. The summed E-state index contributed by atoms with van der Waals surface area (Å²) in [4.78, 5) is 0. The zero-order valence-electron chi connectivity index (χ0n) is 11.8. The van der Waals surface area contributed by atoms with E-state index in [0.29, 0.717) is 19.3 Å². The van der Waals surface area contributed by atoms with Crippen molar-refractivity contribution in [2.45, 2.75) is 38.6 Å². The second kappa shape index (κ2) is 7.63. The molecule has 0 aliphatic heterocycles. The Bertz CT molecular complexity index is 392. The highest BCUT2D eigenvalue weighted by Crippen LogP contribution is 2.24. The molecule has 0 saturated carbocycles. The molecule has 0 radical (unpaired) electrons. The van der Waals surface area contributed by atoms with E-state index >= 15 is 0 Å². The fourth-order valence-electron chi connectivity index (χ4n) is 2.65. The van der Waals surface area contributed by atoms with Crippen LogP contribution in [0.3, 0.4) is 0 Å². The summed E-state index contributed by atoms with van der Waals surface area (Å²) in [6, 6.07) is 7.26. The lowest BCUT2D eigenvalue weighted by Gasteiger charge is -2.20. The van der Waals surface area contributed by atoms with Crippen LogP contribution in [0.15, 0.2) is 18.2 Å². The minimum atomic E-state index is 0.0976. The van der Waals surface area contributed by atoms with Crippen LogP contribution in [0, 0.1) is 0 Å². The van der Waals surface area contributed by atoms with E-state index in [0.717, 1.165) is 6.54 Å². The largest absolute Gasteiger partial charge is 0.394 e. The van der Waals surface area contributed by atoms with Gasteiger partial charge in [0.1, 0.15) is 0 Å². The fraction of sp³-hybridized carbons (Fsp3) is 0.625. The van der Waals surface area contributed by atoms with Gasteiger partial charge in [-0.15, -0.1) is 0 Å². The van der Waals surface area contributed by atoms with Gasteiger partial charge < -0.3 is 15.2 Å². The van der Waals surface area contributed by atoms with E-state index in [1.807, 2.05) is 0 Å². The highest BCUT2D eigenvalue weighted by Gasteiger charge is 2.11. The summed E-state index contributed by atoms with van der Waals surface area (Å²) >= 11 is 0. The van der Waals surface area contributed by atoms with Crippen molar-refractivity contribution in [3.05, 3.63) is 34.9 Å². The van der Waals surface area contributed by atoms with Gasteiger partial charge in [-0.25, -0.2) is 0 Å². The lowest BCUT2D eigenvalue weighted by atomic mass is 9.89. The first-order chi connectivity index (χ1) is 9.31. The number of benzene rings is 1. The molecule has 0 amide bonds. The molecule has 0 saturated heterocycles. The molecule has 1 atom stereocenters. The highest BCUT2D eigenvalue weighted by molar-refractivity contribution is 5.35. The third-order valence-corrected chi connectivity index (χ3v) is 3.81. The molecule has 0 fully saturated rings. The minimum absolute atomic E-state index is 0.0976. The van der Waals surface area contributed by atoms with Crippen molar-refractivity contribution >= 4 is 0 Å². The molecule has 3 heteroatoms. The molecule has 1 aromatic carbocycles. The van der Waals surface area contributed by atoms with E-state index in [9.17, 15) is 0 Å². The lowest BCUT2D eigenvalue weighted by molar-refractivity contribution is 0.0928. The van der Waals surface area contributed by atoms with Crippen LogP contribution >= 0.6 is 0 Å². The molecule has 0 spiro atoms. The topological polar surface area (TPSA) is 41.5 Å². The van der Waals surface area contributed by atoms with E-state index in [2.05, 4.69) is 30.4 Å². The van der Waals surface area contributed by atoms with Crippen LogP contribution in [-0.4, -0.2) is 31.5 Å². The Hall–Kier alpha value is -0.900. The maximum absolute atomic E-state index is 8.62. The fourth-order valence-corrected chi connectivity index (χ4v) is 2.65. The van der Waals surface area contributed by atoms with Crippen LogP contribution < -0.4 is 5.32 Å². The van der Waals surface area contributed by atoms with Crippen LogP contribution in [0.4, 0.5) is 0 Å². The van der Waals surface area contributed by atoms with Crippen LogP contribution in [0.5, 0.6) is 0 Å². The molecule has 1 aliphatic carbocycles. The van der Waals surface area contributed by atoms with Crippen molar-refractivity contribution in [3.63, 3.8) is 0 Å². The van der Waals surface area contributed by atoms with Crippen molar-refractivity contribution in [1.82, 2.24) is 5.32 Å². The SMILES string of the molecule is CC(NCCOCCO)c1ccc2c(c1)CCCC2. The van der Waals surface area contributed by atoms with Crippen molar-refractivity contribution < 1.29 is 9.84 Å². The van der Waals surface area contributed by atoms with E-state index in [-0.39, 0.29) is 6.61 Å². The predicted octanol–water partition coefficient (Wildman–Crippen LogP) is 2.22. The van der Waals surface area contributed by atoms with Gasteiger partial charge >= 0.3 is 0 Å². The number of hydrogen-bond acceptors (Lipinski definition) is 3. The molecular weight excluding hydrogens is 238 g/mol. The normalized spacial score (nSPS) is 16.1. The number of aliphatic hydroxyl groups excluding tert-OH is 1. The maximum Gasteiger partial charge on any atom is 0.0698 e. The van der Waals surface area contributed by atoms with Gasteiger partial charge in [-0.05, 0) is 49.3 Å². The summed E-state index contributed by atoms with van der Waals surface area (Å²) in [6.45, 7) is 4.18. The number of aliphatic hydroxyl groups is 1. The number of ether oxygens (including phenoxy) is 1. The number of nitrogens with one attached hydrogen (secondary N) is 1. The third kappa shape index (κ3) is 4.30. The van der Waals surface area contributed by atoms with Gasteiger partial charge in [0.2, 0.25) is 0 Å². The molecule has 106 valence electrons. The molecule has 19 heavy (non-hydrogen) atoms. The Morgan fingerprint density at radius 2 is 2.00 bits per heavy atom. The van der Waals surface area contributed by atoms with Crippen LogP contribution in [0.25, 0.3) is 0 Å². The van der Waals surface area contributed by atoms with Gasteiger partial charge in [-0.1, -0.05) is 18.2 Å². The van der Waals surface area contributed by atoms with E-state index < -0.39 is 0 Å². The van der Waals surface area contributed by atoms with E-state index in [1.54, 1.807) is 0 Å². The van der Waals surface area contributed by atoms with Crippen LogP contribution in [0.2, 0.25) is 0 Å². The molecule has 0 aromatic heterocycles. The zero-order chi connectivity index (χ0) is 13.5. The molecule has 2 N–H and O–H groups in total. The molecule has 2 rings (SSSR count). The van der Waals surface area contributed by atoms with Crippen molar-refractivity contribution in [1.29, 1.82) is 0 Å². The summed E-state index contributed by atoms with van der Waals surface area (Å²) in [7, 11) is 0. The van der Waals surface area contributed by atoms with Crippen molar-refractivity contribution in [2.75, 3.05) is 26.4 Å². The molecule has 0 heterocycles. The van der Waals surface area contributed by atoms with E-state index in [4.69, 9.17) is 9.84 Å². The monoisotopic (exact) mass is 263 g/mol. The number of rotatable bonds is 7. The summed E-state index contributed by atoms with van der Waals surface area (Å²) in [5.74, 6) is 0. The third-order valence-electron chi connectivity index (χ3n) is 3.81. The average Bonchev–Trinajstić information content (AvgIpc) is 2.46. The van der Waals surface area contributed by atoms with Crippen LogP contribution in [-0.2, 0) is 17.6 Å². The smallest absolute Gasteiger partial charge is 0.0698 e. The summed E-state index contributed by atoms with van der Waals surface area (Å²) in [6.07, 6.45) is 5.14. The molecule has 1 aliphatic rings. The second-order valence-electron chi connectivity index (χ2n) is 5.25. The van der Waals surface area contributed by atoms with Gasteiger partial charge in [0.15, 0.2) is 0 Å². The number of hydrogen-bond donors (Lipinski definition) is 2. The second-order valence-corrected chi connectivity index (χ2v) is 5.25. The highest BCUT2D eigenvalue weighted by atomic mass is 16.5. The zero-order valence-corrected chi connectivity index (χ0v) is 11.8. The Kier molecular flexibility index (Phi) is 5.83. The van der Waals surface area contributed by atoms with Gasteiger partial charge in [0.25, 0.3) is 0 Å². The molecular formula is C16H25NO2. The maximum atomic E-state index is 8.62. The Morgan fingerprint density at radius 1 is 1.21 bits per heavy atom. The molecule has 1 aromatic rings. The van der Waals surface area contributed by atoms with Gasteiger partial charge in [-0.2, -0.15) is 0 Å². The van der Waals surface area contributed by atoms with E-state index in [1.165, 1.54) is 42.4 Å². The minimum Gasteiger partial charge on any atom is -0.394 e. The van der Waals surface area contributed by atoms with Gasteiger partial charge in [-0.3, -0.25) is 0 Å². The summed E-state index contributed by atoms with van der Waals surface area (Å²) < 4.78 is 5.25. The Labute approximate surface area is 116 Å². The van der Waals surface area contributed by atoms with Gasteiger partial charge in [0.05, 0.1) is 19.8 Å². The van der Waals surface area contributed by atoms with Crippen LogP contribution in [0.1, 0.15) is 42.5 Å². The summed E-state index contributed by atoms with van der Waals surface area (Å²) in [5.41, 5.74) is 4.44. The molecule has 0 bridgehead atoms. The van der Waals surface area contributed by atoms with Gasteiger partial charge in [0, 0.05) is 12.6 Å². The predicted molar refractivity (Wildman–Crippen MR) is 77.4 cm³/mol. The first-order valence-electron chi connectivity index (χ1n) is 7.35. The Morgan fingerprint density at radius 3 is 2.79 bits per heavy atom. The molecule has 3 nitrogen and oxygen atoms in total. The quantitative estimate of drug-likeness (QED) is 0.741. The first kappa shape index (κ1) is 14.5. The lowest BCUT2D eigenvalue weighted by Crippen LogP contribution is -2.24.